The van der Waals surface area contributed by atoms with Crippen LogP contribution in [-0.2, 0) is 26.2 Å². The Morgan fingerprint density at radius 1 is 0.868 bits per heavy atom. The number of anilines is 1. The van der Waals surface area contributed by atoms with Crippen LogP contribution in [0.3, 0.4) is 0 Å². The molecule has 0 bridgehead atoms. The van der Waals surface area contributed by atoms with Gasteiger partial charge in [-0.2, -0.15) is 0 Å². The number of nitrogens with zero attached hydrogens (tertiary/aromatic N) is 2. The fraction of sp³-hybridized carbons (Fsp3) is 0.286. The van der Waals surface area contributed by atoms with Crippen LogP contribution in [0.15, 0.2) is 83.8 Å². The normalized spacial score (nSPS) is 12.9. The Morgan fingerprint density at radius 3 is 2.05 bits per heavy atom. The number of sulfonamides is 1. The fourth-order valence-corrected chi connectivity index (χ4v) is 5.68. The minimum Gasteiger partial charge on any atom is -0.352 e. The Hall–Kier alpha value is -3.07. The van der Waals surface area contributed by atoms with E-state index in [0.717, 1.165) is 4.31 Å². The molecule has 7 nitrogen and oxygen atoms in total. The van der Waals surface area contributed by atoms with Crippen molar-refractivity contribution in [3.05, 3.63) is 94.5 Å². The number of halogens is 2. The van der Waals surface area contributed by atoms with Crippen molar-refractivity contribution >= 4 is 50.7 Å². The molecule has 1 N–H and O–H groups in total. The molecular formula is C28H31Cl2N3O4S. The molecule has 0 fully saturated rings. The first kappa shape index (κ1) is 29.5. The van der Waals surface area contributed by atoms with Crippen LogP contribution in [0.5, 0.6) is 0 Å². The molecular weight excluding hydrogens is 545 g/mol. The van der Waals surface area contributed by atoms with E-state index in [1.165, 1.54) is 23.1 Å². The minimum atomic E-state index is -4.18. The topological polar surface area (TPSA) is 86.8 Å². The number of benzene rings is 3. The third-order valence-corrected chi connectivity index (χ3v) is 8.66. The smallest absolute Gasteiger partial charge is 0.264 e. The molecule has 0 unspecified atom stereocenters. The average molecular weight is 577 g/mol. The highest BCUT2D eigenvalue weighted by Crippen LogP contribution is 2.31. The van der Waals surface area contributed by atoms with E-state index < -0.39 is 28.5 Å². The number of carbonyl (C=O) groups is 2. The second kappa shape index (κ2) is 13.1. The summed E-state index contributed by atoms with van der Waals surface area (Å²) in [6.07, 6.45) is 0.715. The van der Waals surface area contributed by atoms with Crippen molar-refractivity contribution in [1.29, 1.82) is 0 Å². The van der Waals surface area contributed by atoms with Gasteiger partial charge in [0.25, 0.3) is 10.0 Å². The van der Waals surface area contributed by atoms with Crippen LogP contribution in [0.2, 0.25) is 10.0 Å². The summed E-state index contributed by atoms with van der Waals surface area (Å²) in [5.41, 5.74) is 0.779. The van der Waals surface area contributed by atoms with Crippen molar-refractivity contribution in [2.24, 2.45) is 0 Å². The SMILES string of the molecule is CC[C@@H](C)NC(=O)[C@@H](C)N(Cc1ccccc1Cl)C(=O)CN(c1ccccc1Cl)S(=O)(=O)c1ccccc1. The largest absolute Gasteiger partial charge is 0.352 e. The third kappa shape index (κ3) is 7.07. The van der Waals surface area contributed by atoms with Gasteiger partial charge in [0.2, 0.25) is 11.8 Å². The number of para-hydroxylation sites is 1. The lowest BCUT2D eigenvalue weighted by Crippen LogP contribution is -2.52. The standard InChI is InChI=1S/C28H31Cl2N3O4S/c1-4-20(2)31-28(35)21(3)32(18-22-12-8-9-15-24(22)29)27(34)19-33(26-17-11-10-16-25(26)30)38(36,37)23-13-6-5-7-14-23/h5-17,20-21H,4,18-19H2,1-3H3,(H,31,35)/t20-,21-/m1/s1. The molecule has 0 aliphatic rings. The zero-order valence-corrected chi connectivity index (χ0v) is 23.8. The van der Waals surface area contributed by atoms with Crippen LogP contribution in [0.4, 0.5) is 5.69 Å². The summed E-state index contributed by atoms with van der Waals surface area (Å²) in [6.45, 7) is 4.86. The van der Waals surface area contributed by atoms with Crippen molar-refractivity contribution in [2.75, 3.05) is 10.8 Å². The van der Waals surface area contributed by atoms with Crippen LogP contribution in [0, 0.1) is 0 Å². The van der Waals surface area contributed by atoms with E-state index in [4.69, 9.17) is 23.2 Å². The van der Waals surface area contributed by atoms with Gasteiger partial charge in [-0.25, -0.2) is 8.42 Å². The second-order valence-corrected chi connectivity index (χ2v) is 11.6. The van der Waals surface area contributed by atoms with Gasteiger partial charge in [0.15, 0.2) is 0 Å². The number of amides is 2. The summed E-state index contributed by atoms with van der Waals surface area (Å²) in [7, 11) is -4.18. The molecule has 38 heavy (non-hydrogen) atoms. The lowest BCUT2D eigenvalue weighted by molar-refractivity contribution is -0.139. The Bertz CT molecular complexity index is 1370. The quantitative estimate of drug-likeness (QED) is 0.326. The van der Waals surface area contributed by atoms with Crippen LogP contribution in [0.1, 0.15) is 32.8 Å². The van der Waals surface area contributed by atoms with Crippen molar-refractivity contribution in [3.8, 4) is 0 Å². The molecule has 2 atom stereocenters. The summed E-state index contributed by atoms with van der Waals surface area (Å²) in [5.74, 6) is -0.939. The van der Waals surface area contributed by atoms with Crippen LogP contribution >= 0.6 is 23.2 Å². The van der Waals surface area contributed by atoms with Gasteiger partial charge in [0.05, 0.1) is 15.6 Å². The molecule has 0 heterocycles. The van der Waals surface area contributed by atoms with E-state index in [2.05, 4.69) is 5.32 Å². The van der Waals surface area contributed by atoms with Crippen molar-refractivity contribution in [1.82, 2.24) is 10.2 Å². The second-order valence-electron chi connectivity index (χ2n) is 8.88. The lowest BCUT2D eigenvalue weighted by atomic mass is 10.1. The van der Waals surface area contributed by atoms with Crippen molar-refractivity contribution in [3.63, 3.8) is 0 Å². The van der Waals surface area contributed by atoms with Crippen molar-refractivity contribution < 1.29 is 18.0 Å². The predicted molar refractivity (Wildman–Crippen MR) is 152 cm³/mol. The van der Waals surface area contributed by atoms with Crippen LogP contribution in [0.25, 0.3) is 0 Å². The zero-order valence-electron chi connectivity index (χ0n) is 21.5. The van der Waals surface area contributed by atoms with Crippen LogP contribution in [-0.4, -0.2) is 43.8 Å². The summed E-state index contributed by atoms with van der Waals surface area (Å²) in [6, 6.07) is 20.2. The highest BCUT2D eigenvalue weighted by molar-refractivity contribution is 7.92. The Kier molecular flexibility index (Phi) is 10.2. The maximum atomic E-state index is 13.9. The molecule has 0 radical (unpaired) electrons. The van der Waals surface area contributed by atoms with E-state index >= 15 is 0 Å². The van der Waals surface area contributed by atoms with Gasteiger partial charge >= 0.3 is 0 Å². The molecule has 3 rings (SSSR count). The minimum absolute atomic E-state index is 0.00735. The summed E-state index contributed by atoms with van der Waals surface area (Å²) >= 11 is 12.8. The molecule has 10 heteroatoms. The summed E-state index contributed by atoms with van der Waals surface area (Å²) in [5, 5.41) is 3.49. The molecule has 0 aromatic heterocycles. The van der Waals surface area contributed by atoms with Gasteiger partial charge in [0, 0.05) is 17.6 Å². The maximum absolute atomic E-state index is 13.9. The first-order valence-electron chi connectivity index (χ1n) is 12.2. The molecule has 0 aliphatic heterocycles. The number of hydrogen-bond acceptors (Lipinski definition) is 4. The van der Waals surface area contributed by atoms with E-state index in [-0.39, 0.29) is 34.1 Å². The molecule has 0 saturated carbocycles. The van der Waals surface area contributed by atoms with E-state index in [1.807, 2.05) is 13.8 Å². The van der Waals surface area contributed by atoms with Crippen molar-refractivity contribution in [2.45, 2.75) is 50.7 Å². The molecule has 0 aliphatic carbocycles. The molecule has 202 valence electrons. The highest BCUT2D eigenvalue weighted by Gasteiger charge is 2.33. The van der Waals surface area contributed by atoms with Gasteiger partial charge in [-0.15, -0.1) is 0 Å². The lowest BCUT2D eigenvalue weighted by Gasteiger charge is -2.32. The van der Waals surface area contributed by atoms with Crippen LogP contribution < -0.4 is 9.62 Å². The summed E-state index contributed by atoms with van der Waals surface area (Å²) < 4.78 is 28.5. The van der Waals surface area contributed by atoms with Gasteiger partial charge in [0.1, 0.15) is 12.6 Å². The monoisotopic (exact) mass is 575 g/mol. The Balaban J connectivity index is 2.04. The Morgan fingerprint density at radius 2 is 1.45 bits per heavy atom. The number of hydrogen-bond donors (Lipinski definition) is 1. The van der Waals surface area contributed by atoms with E-state index in [1.54, 1.807) is 67.6 Å². The third-order valence-electron chi connectivity index (χ3n) is 6.20. The molecule has 3 aromatic carbocycles. The van der Waals surface area contributed by atoms with E-state index in [0.29, 0.717) is 17.0 Å². The molecule has 0 saturated heterocycles. The molecule has 2 amide bonds. The number of rotatable bonds is 11. The highest BCUT2D eigenvalue weighted by atomic mass is 35.5. The summed E-state index contributed by atoms with van der Waals surface area (Å²) in [4.78, 5) is 28.3. The fourth-order valence-electron chi connectivity index (χ4n) is 3.75. The van der Waals surface area contributed by atoms with Gasteiger partial charge in [-0.1, -0.05) is 78.7 Å². The maximum Gasteiger partial charge on any atom is 0.264 e. The zero-order chi connectivity index (χ0) is 27.9. The molecule has 3 aromatic rings. The first-order valence-corrected chi connectivity index (χ1v) is 14.4. The number of nitrogens with one attached hydrogen (secondary N) is 1. The molecule has 0 spiro atoms. The number of carbonyl (C=O) groups excluding carboxylic acids is 2. The van der Waals surface area contributed by atoms with Gasteiger partial charge in [-0.05, 0) is 56.2 Å². The predicted octanol–water partition coefficient (Wildman–Crippen LogP) is 5.52. The first-order chi connectivity index (χ1) is 18.1. The van der Waals surface area contributed by atoms with Gasteiger partial charge < -0.3 is 10.2 Å². The van der Waals surface area contributed by atoms with Gasteiger partial charge in [-0.3, -0.25) is 13.9 Å². The van der Waals surface area contributed by atoms with E-state index in [9.17, 15) is 18.0 Å². The Labute approximate surface area is 234 Å². The average Bonchev–Trinajstić information content (AvgIpc) is 2.91.